The lowest BCUT2D eigenvalue weighted by Crippen LogP contribution is -2.52. The number of piperidine rings is 1. The minimum atomic E-state index is -0.380. The minimum absolute atomic E-state index is 0.277. The summed E-state index contributed by atoms with van der Waals surface area (Å²) < 4.78 is 8.40. The van der Waals surface area contributed by atoms with Gasteiger partial charge in [0, 0.05) is 33.1 Å². The van der Waals surface area contributed by atoms with Crippen molar-refractivity contribution >= 4 is 22.8 Å². The Balaban J connectivity index is 1.82. The summed E-state index contributed by atoms with van der Waals surface area (Å²) in [6, 6.07) is 5.62. The molecule has 1 aliphatic heterocycles. The molecule has 1 N–H and O–H groups in total. The number of carbonyl (C=O) groups excluding carboxylic acids is 2. The van der Waals surface area contributed by atoms with Crippen LogP contribution >= 0.6 is 0 Å². The third-order valence-corrected chi connectivity index (χ3v) is 5.03. The molecule has 0 aliphatic carbocycles. The van der Waals surface area contributed by atoms with Gasteiger partial charge in [-0.25, -0.2) is 4.79 Å². The van der Waals surface area contributed by atoms with Gasteiger partial charge >= 0.3 is 5.69 Å². The maximum absolute atomic E-state index is 12.9. The van der Waals surface area contributed by atoms with Gasteiger partial charge < -0.3 is 10.1 Å². The van der Waals surface area contributed by atoms with E-state index in [4.69, 9.17) is 4.74 Å². The third kappa shape index (κ3) is 4.02. The predicted octanol–water partition coefficient (Wildman–Crippen LogP) is 1.07. The van der Waals surface area contributed by atoms with Crippen LogP contribution in [0, 0.1) is 0 Å². The molecule has 3 rings (SSSR count). The van der Waals surface area contributed by atoms with Gasteiger partial charge in [-0.1, -0.05) is 12.1 Å². The number of ether oxygens (including phenoxy) is 1. The number of para-hydroxylation sites is 1. The summed E-state index contributed by atoms with van der Waals surface area (Å²) in [6.45, 7) is 2.31. The number of imidazole rings is 1. The van der Waals surface area contributed by atoms with Gasteiger partial charge in [0.15, 0.2) is 0 Å². The highest BCUT2D eigenvalue weighted by Crippen LogP contribution is 2.21. The van der Waals surface area contributed by atoms with E-state index in [1.54, 1.807) is 13.1 Å². The summed E-state index contributed by atoms with van der Waals surface area (Å²) in [5.41, 5.74) is 1.97. The number of aromatic nitrogens is 2. The molecule has 0 spiro atoms. The van der Waals surface area contributed by atoms with Crippen LogP contribution < -0.4 is 16.0 Å². The second-order valence-electron chi connectivity index (χ2n) is 7.06. The van der Waals surface area contributed by atoms with Crippen LogP contribution in [-0.2, 0) is 27.8 Å². The molecule has 28 heavy (non-hydrogen) atoms. The van der Waals surface area contributed by atoms with Crippen molar-refractivity contribution in [3.63, 3.8) is 0 Å². The zero-order valence-corrected chi connectivity index (χ0v) is 16.6. The lowest BCUT2D eigenvalue weighted by molar-refractivity contribution is -0.131. The van der Waals surface area contributed by atoms with Crippen molar-refractivity contribution in [3.05, 3.63) is 34.2 Å². The van der Waals surface area contributed by atoms with Crippen LogP contribution in [0.1, 0.15) is 37.7 Å². The van der Waals surface area contributed by atoms with E-state index in [0.29, 0.717) is 18.5 Å². The van der Waals surface area contributed by atoms with E-state index in [1.807, 2.05) is 19.2 Å². The Hall–Kier alpha value is -2.45. The molecule has 2 heterocycles. The average Bonchev–Trinajstić information content (AvgIpc) is 2.93. The van der Waals surface area contributed by atoms with E-state index in [0.717, 1.165) is 48.5 Å². The fourth-order valence-electron chi connectivity index (χ4n) is 3.65. The SMILES string of the molecule is CNCCCOCCCc1cccc2c1n(C)c(=O)n2N1C(=O)CCCC1=O. The third-order valence-electron chi connectivity index (χ3n) is 5.03. The zero-order valence-electron chi connectivity index (χ0n) is 16.6. The number of carbonyl (C=O) groups is 2. The molecule has 152 valence electrons. The minimum Gasteiger partial charge on any atom is -0.381 e. The van der Waals surface area contributed by atoms with E-state index in [2.05, 4.69) is 5.32 Å². The molecule has 1 aromatic heterocycles. The Bertz CT molecular complexity index is 899. The monoisotopic (exact) mass is 388 g/mol. The maximum Gasteiger partial charge on any atom is 0.348 e. The van der Waals surface area contributed by atoms with Crippen molar-refractivity contribution in [2.24, 2.45) is 7.05 Å². The summed E-state index contributed by atoms with van der Waals surface area (Å²) in [5, 5.41) is 4.10. The molecule has 0 saturated carbocycles. The largest absolute Gasteiger partial charge is 0.381 e. The Morgan fingerprint density at radius 1 is 1.07 bits per heavy atom. The van der Waals surface area contributed by atoms with Crippen LogP contribution in [0.2, 0.25) is 0 Å². The summed E-state index contributed by atoms with van der Waals surface area (Å²) in [7, 11) is 3.60. The second-order valence-corrected chi connectivity index (χ2v) is 7.06. The number of nitrogens with one attached hydrogen (secondary N) is 1. The number of hydrogen-bond acceptors (Lipinski definition) is 5. The summed E-state index contributed by atoms with van der Waals surface area (Å²) in [6.07, 6.45) is 3.65. The van der Waals surface area contributed by atoms with Crippen LogP contribution in [0.5, 0.6) is 0 Å². The van der Waals surface area contributed by atoms with Gasteiger partial charge in [-0.15, -0.1) is 0 Å². The van der Waals surface area contributed by atoms with Crippen LogP contribution in [0.25, 0.3) is 11.0 Å². The normalized spacial score (nSPS) is 15.0. The number of amides is 2. The number of imide groups is 1. The highest BCUT2D eigenvalue weighted by Gasteiger charge is 2.31. The number of nitrogens with zero attached hydrogens (tertiary/aromatic N) is 3. The number of rotatable bonds is 9. The van der Waals surface area contributed by atoms with Gasteiger partial charge in [0.25, 0.3) is 0 Å². The fraction of sp³-hybridized carbons (Fsp3) is 0.550. The van der Waals surface area contributed by atoms with Crippen LogP contribution in [-0.4, -0.2) is 47.9 Å². The highest BCUT2D eigenvalue weighted by molar-refractivity contribution is 6.11. The first-order chi connectivity index (χ1) is 13.6. The molecule has 8 nitrogen and oxygen atoms in total. The zero-order chi connectivity index (χ0) is 20.1. The van der Waals surface area contributed by atoms with Crippen LogP contribution in [0.4, 0.5) is 0 Å². The van der Waals surface area contributed by atoms with Crippen molar-refractivity contribution in [2.45, 2.75) is 38.5 Å². The summed E-state index contributed by atoms with van der Waals surface area (Å²) in [4.78, 5) is 37.5. The molecular formula is C20H28N4O4. The lowest BCUT2D eigenvalue weighted by atomic mass is 10.1. The molecular weight excluding hydrogens is 360 g/mol. The van der Waals surface area contributed by atoms with Crippen LogP contribution in [0.3, 0.4) is 0 Å². The van der Waals surface area contributed by atoms with Crippen LogP contribution in [0.15, 0.2) is 23.0 Å². The molecule has 0 atom stereocenters. The van der Waals surface area contributed by atoms with Gasteiger partial charge in [-0.05, 0) is 50.9 Å². The molecule has 1 aromatic carbocycles. The van der Waals surface area contributed by atoms with Crippen molar-refractivity contribution in [1.82, 2.24) is 14.6 Å². The molecule has 2 amide bonds. The Labute approximate surface area is 164 Å². The van der Waals surface area contributed by atoms with Gasteiger partial charge in [-0.3, -0.25) is 14.2 Å². The molecule has 1 saturated heterocycles. The molecule has 1 aliphatic rings. The van der Waals surface area contributed by atoms with Crippen molar-refractivity contribution < 1.29 is 14.3 Å². The van der Waals surface area contributed by atoms with E-state index in [1.165, 1.54) is 9.24 Å². The Kier molecular flexibility index (Phi) is 6.64. The van der Waals surface area contributed by atoms with E-state index >= 15 is 0 Å². The Morgan fingerprint density at radius 3 is 2.50 bits per heavy atom. The predicted molar refractivity (Wildman–Crippen MR) is 107 cm³/mol. The quantitative estimate of drug-likeness (QED) is 0.513. The molecule has 2 aromatic rings. The van der Waals surface area contributed by atoms with Gasteiger partial charge in [0.2, 0.25) is 11.8 Å². The van der Waals surface area contributed by atoms with Gasteiger partial charge in [-0.2, -0.15) is 9.69 Å². The topological polar surface area (TPSA) is 85.6 Å². The molecule has 0 bridgehead atoms. The Morgan fingerprint density at radius 2 is 1.79 bits per heavy atom. The standard InChI is InChI=1S/C20H28N4O4/c1-21-12-6-14-28-13-5-8-15-7-3-9-16-19(15)22(2)20(27)23(16)24-17(25)10-4-11-18(24)26/h3,7,9,21H,4-6,8,10-14H2,1-2H3. The number of fused-ring (bicyclic) bond motifs is 1. The average molecular weight is 388 g/mol. The van der Waals surface area contributed by atoms with E-state index < -0.39 is 0 Å². The first kappa shape index (κ1) is 20.3. The summed E-state index contributed by atoms with van der Waals surface area (Å²) >= 11 is 0. The maximum atomic E-state index is 12.9. The molecule has 1 fully saturated rings. The molecule has 0 radical (unpaired) electrons. The lowest BCUT2D eigenvalue weighted by Gasteiger charge is -2.25. The van der Waals surface area contributed by atoms with E-state index in [-0.39, 0.29) is 30.3 Å². The number of aryl methyl sites for hydroxylation is 2. The van der Waals surface area contributed by atoms with Crippen molar-refractivity contribution in [3.8, 4) is 0 Å². The second kappa shape index (κ2) is 9.16. The van der Waals surface area contributed by atoms with Gasteiger partial charge in [0.05, 0.1) is 11.0 Å². The molecule has 0 unspecified atom stereocenters. The van der Waals surface area contributed by atoms with Crippen molar-refractivity contribution in [1.29, 1.82) is 0 Å². The van der Waals surface area contributed by atoms with Gasteiger partial charge in [0.1, 0.15) is 0 Å². The molecule has 8 heteroatoms. The smallest absolute Gasteiger partial charge is 0.348 e. The fourth-order valence-corrected chi connectivity index (χ4v) is 3.65. The summed E-state index contributed by atoms with van der Waals surface area (Å²) in [5.74, 6) is -0.655. The highest BCUT2D eigenvalue weighted by atomic mass is 16.5. The number of hydrogen-bond donors (Lipinski definition) is 1. The van der Waals surface area contributed by atoms with Crippen molar-refractivity contribution in [2.75, 3.05) is 31.8 Å². The first-order valence-corrected chi connectivity index (χ1v) is 9.84. The number of benzene rings is 1. The van der Waals surface area contributed by atoms with E-state index in [9.17, 15) is 14.4 Å². The first-order valence-electron chi connectivity index (χ1n) is 9.84.